The van der Waals surface area contributed by atoms with Gasteiger partial charge in [0.05, 0.1) is 6.54 Å². The number of amides is 2. The highest BCUT2D eigenvalue weighted by Crippen LogP contribution is 2.19. The van der Waals surface area contributed by atoms with Gasteiger partial charge < -0.3 is 20.3 Å². The normalized spacial score (nSPS) is 21.6. The fourth-order valence-corrected chi connectivity index (χ4v) is 2.90. The summed E-state index contributed by atoms with van der Waals surface area (Å²) in [7, 11) is 0. The van der Waals surface area contributed by atoms with Gasteiger partial charge in [0.15, 0.2) is 0 Å². The minimum absolute atomic E-state index is 0.111. The number of carbonyl (C=O) groups excluding carboxylic acids is 2. The summed E-state index contributed by atoms with van der Waals surface area (Å²) in [6.45, 7) is 11.4. The van der Waals surface area contributed by atoms with Gasteiger partial charge in [0, 0.05) is 25.2 Å². The Morgan fingerprint density at radius 1 is 1.13 bits per heavy atom. The van der Waals surface area contributed by atoms with Crippen LogP contribution in [0.15, 0.2) is 0 Å². The summed E-state index contributed by atoms with van der Waals surface area (Å²) < 4.78 is 5.30. The van der Waals surface area contributed by atoms with E-state index >= 15 is 0 Å². The van der Waals surface area contributed by atoms with Gasteiger partial charge in [0.1, 0.15) is 5.60 Å². The van der Waals surface area contributed by atoms with E-state index in [2.05, 4.69) is 10.6 Å². The largest absolute Gasteiger partial charge is 0.444 e. The molecule has 0 radical (unpaired) electrons. The lowest BCUT2D eigenvalue weighted by atomic mass is 9.91. The van der Waals surface area contributed by atoms with Gasteiger partial charge in [-0.15, -0.1) is 0 Å². The van der Waals surface area contributed by atoms with Crippen LogP contribution in [-0.4, -0.2) is 54.2 Å². The molecular weight excluding hydrogens is 294 g/mol. The first-order valence-electron chi connectivity index (χ1n) is 8.75. The van der Waals surface area contributed by atoms with Crippen LogP contribution in [0.4, 0.5) is 4.79 Å². The summed E-state index contributed by atoms with van der Waals surface area (Å²) in [5.74, 6) is 0.136. The van der Waals surface area contributed by atoms with Crippen molar-refractivity contribution in [2.75, 3.05) is 19.6 Å². The van der Waals surface area contributed by atoms with Crippen molar-refractivity contribution in [2.24, 2.45) is 0 Å². The second-order valence-electron chi connectivity index (χ2n) is 7.15. The highest BCUT2D eigenvalue weighted by atomic mass is 16.6. The Labute approximate surface area is 140 Å². The molecule has 2 atom stereocenters. The maximum absolute atomic E-state index is 12.0. The first-order valence-corrected chi connectivity index (χ1v) is 8.75. The molecule has 0 bridgehead atoms. The molecule has 0 heterocycles. The van der Waals surface area contributed by atoms with Crippen LogP contribution in [-0.2, 0) is 9.53 Å². The van der Waals surface area contributed by atoms with Crippen LogP contribution >= 0.6 is 0 Å². The summed E-state index contributed by atoms with van der Waals surface area (Å²) in [5, 5.41) is 6.28. The SMILES string of the molecule is CCN(CC)C(=O)CNC1CCCC(NC(=O)OC(C)(C)C)C1. The van der Waals surface area contributed by atoms with Crippen molar-refractivity contribution in [3.63, 3.8) is 0 Å². The molecule has 2 amide bonds. The van der Waals surface area contributed by atoms with E-state index in [0.717, 1.165) is 38.8 Å². The standard InChI is InChI=1S/C17H33N3O3/c1-6-20(7-2)15(21)12-18-13-9-8-10-14(11-13)19-16(22)23-17(3,4)5/h13-14,18H,6-12H2,1-5H3,(H,19,22). The van der Waals surface area contributed by atoms with Crippen molar-refractivity contribution < 1.29 is 14.3 Å². The van der Waals surface area contributed by atoms with E-state index in [9.17, 15) is 9.59 Å². The molecule has 23 heavy (non-hydrogen) atoms. The van der Waals surface area contributed by atoms with E-state index in [0.29, 0.717) is 6.54 Å². The fraction of sp³-hybridized carbons (Fsp3) is 0.882. The van der Waals surface area contributed by atoms with Crippen molar-refractivity contribution in [2.45, 2.75) is 78.0 Å². The summed E-state index contributed by atoms with van der Waals surface area (Å²) in [5.41, 5.74) is -0.480. The van der Waals surface area contributed by atoms with Crippen molar-refractivity contribution in [1.82, 2.24) is 15.5 Å². The Balaban J connectivity index is 2.37. The third-order valence-electron chi connectivity index (χ3n) is 4.05. The van der Waals surface area contributed by atoms with Crippen LogP contribution in [0.2, 0.25) is 0 Å². The second-order valence-corrected chi connectivity index (χ2v) is 7.15. The Bertz CT molecular complexity index is 389. The first-order chi connectivity index (χ1) is 10.7. The van der Waals surface area contributed by atoms with E-state index in [1.807, 2.05) is 39.5 Å². The molecule has 0 aromatic heterocycles. The third-order valence-corrected chi connectivity index (χ3v) is 4.05. The predicted octanol–water partition coefficient (Wildman–Crippen LogP) is 2.28. The maximum Gasteiger partial charge on any atom is 0.407 e. The van der Waals surface area contributed by atoms with Crippen LogP contribution < -0.4 is 10.6 Å². The molecule has 134 valence electrons. The predicted molar refractivity (Wildman–Crippen MR) is 91.3 cm³/mol. The summed E-state index contributed by atoms with van der Waals surface area (Å²) in [4.78, 5) is 25.7. The Hall–Kier alpha value is -1.30. The molecule has 1 aliphatic carbocycles. The molecule has 2 N–H and O–H groups in total. The quantitative estimate of drug-likeness (QED) is 0.785. The van der Waals surface area contributed by atoms with Crippen LogP contribution in [0.1, 0.15) is 60.3 Å². The van der Waals surface area contributed by atoms with Gasteiger partial charge in [-0.05, 0) is 60.3 Å². The van der Waals surface area contributed by atoms with Crippen molar-refractivity contribution in [3.8, 4) is 0 Å². The van der Waals surface area contributed by atoms with Gasteiger partial charge >= 0.3 is 6.09 Å². The first kappa shape index (κ1) is 19.7. The smallest absolute Gasteiger partial charge is 0.407 e. The molecule has 0 saturated heterocycles. The second kappa shape index (κ2) is 9.11. The number of likely N-dealkylation sites (N-methyl/N-ethyl adjacent to an activating group) is 1. The number of hydrogen-bond acceptors (Lipinski definition) is 4. The molecule has 0 aromatic carbocycles. The molecule has 6 heteroatoms. The van der Waals surface area contributed by atoms with Crippen molar-refractivity contribution in [3.05, 3.63) is 0 Å². The van der Waals surface area contributed by atoms with Gasteiger partial charge in [0.2, 0.25) is 5.91 Å². The zero-order valence-electron chi connectivity index (χ0n) is 15.3. The molecule has 0 spiro atoms. The number of nitrogens with one attached hydrogen (secondary N) is 2. The maximum atomic E-state index is 12.0. The van der Waals surface area contributed by atoms with Gasteiger partial charge in [-0.2, -0.15) is 0 Å². The molecule has 1 rings (SSSR count). The van der Waals surface area contributed by atoms with Crippen LogP contribution in [0.3, 0.4) is 0 Å². The minimum Gasteiger partial charge on any atom is -0.444 e. The van der Waals surface area contributed by atoms with Crippen molar-refractivity contribution >= 4 is 12.0 Å². The summed E-state index contributed by atoms with van der Waals surface area (Å²) in [6.07, 6.45) is 3.52. The van der Waals surface area contributed by atoms with Crippen LogP contribution in [0.5, 0.6) is 0 Å². The van der Waals surface area contributed by atoms with E-state index in [4.69, 9.17) is 4.74 Å². The molecule has 0 aliphatic heterocycles. The van der Waals surface area contributed by atoms with Gasteiger partial charge in [-0.3, -0.25) is 4.79 Å². The minimum atomic E-state index is -0.480. The Kier molecular flexibility index (Phi) is 7.82. The number of rotatable bonds is 6. The van der Waals surface area contributed by atoms with Crippen molar-refractivity contribution in [1.29, 1.82) is 0 Å². The van der Waals surface area contributed by atoms with Gasteiger partial charge in [0.25, 0.3) is 0 Å². The summed E-state index contributed by atoms with van der Waals surface area (Å²) >= 11 is 0. The lowest BCUT2D eigenvalue weighted by Crippen LogP contribution is -2.48. The molecule has 1 fully saturated rings. The monoisotopic (exact) mass is 327 g/mol. The molecular formula is C17H33N3O3. The third kappa shape index (κ3) is 7.68. The highest BCUT2D eigenvalue weighted by Gasteiger charge is 2.25. The lowest BCUT2D eigenvalue weighted by Gasteiger charge is -2.31. The molecule has 1 aliphatic rings. The number of carbonyl (C=O) groups is 2. The van der Waals surface area contributed by atoms with E-state index < -0.39 is 5.60 Å². The fourth-order valence-electron chi connectivity index (χ4n) is 2.90. The number of nitrogens with zero attached hydrogens (tertiary/aromatic N) is 1. The summed E-state index contributed by atoms with van der Waals surface area (Å²) in [6, 6.07) is 0.378. The molecule has 6 nitrogen and oxygen atoms in total. The topological polar surface area (TPSA) is 70.7 Å². The molecule has 1 saturated carbocycles. The zero-order chi connectivity index (χ0) is 17.5. The number of hydrogen-bond donors (Lipinski definition) is 2. The average molecular weight is 327 g/mol. The van der Waals surface area contributed by atoms with Gasteiger partial charge in [-0.1, -0.05) is 0 Å². The molecule has 0 aromatic rings. The van der Waals surface area contributed by atoms with E-state index in [1.165, 1.54) is 0 Å². The van der Waals surface area contributed by atoms with Crippen LogP contribution in [0, 0.1) is 0 Å². The zero-order valence-corrected chi connectivity index (χ0v) is 15.3. The Morgan fingerprint density at radius 3 is 2.30 bits per heavy atom. The average Bonchev–Trinajstić information content (AvgIpc) is 2.44. The van der Waals surface area contributed by atoms with Crippen LogP contribution in [0.25, 0.3) is 0 Å². The Morgan fingerprint density at radius 2 is 1.74 bits per heavy atom. The van der Waals surface area contributed by atoms with E-state index in [1.54, 1.807) is 0 Å². The van der Waals surface area contributed by atoms with Gasteiger partial charge in [-0.25, -0.2) is 4.79 Å². The molecule has 2 unspecified atom stereocenters. The highest BCUT2D eigenvalue weighted by molar-refractivity contribution is 5.78. The number of alkyl carbamates (subject to hydrolysis) is 1. The number of ether oxygens (including phenoxy) is 1. The van der Waals surface area contributed by atoms with E-state index in [-0.39, 0.29) is 24.1 Å². The lowest BCUT2D eigenvalue weighted by molar-refractivity contribution is -0.130.